The van der Waals surface area contributed by atoms with Gasteiger partial charge in [0.15, 0.2) is 0 Å². The van der Waals surface area contributed by atoms with Gasteiger partial charge in [-0.3, -0.25) is 10.1 Å². The van der Waals surface area contributed by atoms with Crippen molar-refractivity contribution in [2.45, 2.75) is 18.4 Å². The molecule has 1 N–H and O–H groups in total. The van der Waals surface area contributed by atoms with Crippen LogP contribution in [0, 0.1) is 17.0 Å². The molecule has 0 unspecified atom stereocenters. The molecule has 2 aromatic rings. The minimum Gasteiger partial charge on any atom is -0.258 e. The lowest BCUT2D eigenvalue weighted by Gasteiger charge is -2.08. The second-order valence-corrected chi connectivity index (χ2v) is 6.86. The van der Waals surface area contributed by atoms with Crippen LogP contribution < -0.4 is 4.72 Å². The number of rotatable bonds is 5. The van der Waals surface area contributed by atoms with Crippen molar-refractivity contribution in [2.75, 3.05) is 0 Å². The van der Waals surface area contributed by atoms with Crippen LogP contribution >= 0.6 is 11.6 Å². The number of nitro benzene ring substituents is 1. The Labute approximate surface area is 132 Å². The van der Waals surface area contributed by atoms with E-state index in [0.29, 0.717) is 10.6 Å². The van der Waals surface area contributed by atoms with Gasteiger partial charge in [-0.1, -0.05) is 29.8 Å². The van der Waals surface area contributed by atoms with Crippen molar-refractivity contribution in [1.29, 1.82) is 0 Å². The molecule has 22 heavy (non-hydrogen) atoms. The number of hydrogen-bond acceptors (Lipinski definition) is 4. The average molecular weight is 341 g/mol. The number of benzene rings is 2. The maximum atomic E-state index is 12.2. The zero-order valence-electron chi connectivity index (χ0n) is 11.6. The van der Waals surface area contributed by atoms with E-state index in [1.807, 2.05) is 0 Å². The first-order chi connectivity index (χ1) is 10.3. The molecule has 8 heteroatoms. The lowest BCUT2D eigenvalue weighted by atomic mass is 10.2. The number of nitrogens with one attached hydrogen (secondary N) is 1. The molecule has 0 heterocycles. The predicted molar refractivity (Wildman–Crippen MR) is 83.3 cm³/mol. The third-order valence-corrected chi connectivity index (χ3v) is 4.72. The van der Waals surface area contributed by atoms with Crippen molar-refractivity contribution in [3.05, 3.63) is 68.7 Å². The number of halogens is 1. The Bertz CT molecular complexity index is 804. The molecule has 0 aliphatic heterocycles. The van der Waals surface area contributed by atoms with Crippen LogP contribution in [-0.4, -0.2) is 13.3 Å². The van der Waals surface area contributed by atoms with Crippen molar-refractivity contribution in [3.8, 4) is 0 Å². The first-order valence-electron chi connectivity index (χ1n) is 6.29. The summed E-state index contributed by atoms with van der Waals surface area (Å²) in [6, 6.07) is 10.5. The highest BCUT2D eigenvalue weighted by Crippen LogP contribution is 2.22. The molecule has 6 nitrogen and oxygen atoms in total. The molecule has 0 aliphatic rings. The zero-order chi connectivity index (χ0) is 16.3. The molecule has 0 radical (unpaired) electrons. The maximum absolute atomic E-state index is 12.2. The van der Waals surface area contributed by atoms with Gasteiger partial charge in [0.1, 0.15) is 0 Å². The third kappa shape index (κ3) is 3.82. The summed E-state index contributed by atoms with van der Waals surface area (Å²) in [5, 5.41) is 11.4. The Morgan fingerprint density at radius 1 is 1.18 bits per heavy atom. The molecule has 0 fully saturated rings. The summed E-state index contributed by atoms with van der Waals surface area (Å²) in [6.07, 6.45) is 0. The summed E-state index contributed by atoms with van der Waals surface area (Å²) in [5.41, 5.74) is 0.908. The Balaban J connectivity index is 2.21. The van der Waals surface area contributed by atoms with E-state index in [-0.39, 0.29) is 17.1 Å². The molecule has 2 aromatic carbocycles. The highest BCUT2D eigenvalue weighted by molar-refractivity contribution is 7.89. The lowest BCUT2D eigenvalue weighted by molar-refractivity contribution is -0.385. The largest absolute Gasteiger partial charge is 0.273 e. The molecule has 0 amide bonds. The van der Waals surface area contributed by atoms with Crippen molar-refractivity contribution < 1.29 is 13.3 Å². The van der Waals surface area contributed by atoms with Crippen molar-refractivity contribution in [1.82, 2.24) is 4.72 Å². The van der Waals surface area contributed by atoms with Gasteiger partial charge in [-0.25, -0.2) is 13.1 Å². The number of nitrogens with zero attached hydrogens (tertiary/aromatic N) is 1. The SMILES string of the molecule is Cc1ccc(S(=O)(=O)NCc2ccc(Cl)cc2)cc1[N+](=O)[O-]. The van der Waals surface area contributed by atoms with E-state index in [1.165, 1.54) is 12.1 Å². The van der Waals surface area contributed by atoms with E-state index in [2.05, 4.69) is 4.72 Å². The first kappa shape index (κ1) is 16.4. The minimum atomic E-state index is -3.83. The highest BCUT2D eigenvalue weighted by atomic mass is 35.5. The Morgan fingerprint density at radius 3 is 2.41 bits per heavy atom. The van der Waals surface area contributed by atoms with Crippen LogP contribution in [-0.2, 0) is 16.6 Å². The van der Waals surface area contributed by atoms with Crippen LogP contribution in [0.4, 0.5) is 5.69 Å². The molecule has 0 aromatic heterocycles. The Hall–Kier alpha value is -1.96. The molecule has 116 valence electrons. The maximum Gasteiger partial charge on any atom is 0.273 e. The van der Waals surface area contributed by atoms with Gasteiger partial charge in [-0.15, -0.1) is 0 Å². The van der Waals surface area contributed by atoms with Crippen molar-refractivity contribution in [3.63, 3.8) is 0 Å². The fraction of sp³-hybridized carbons (Fsp3) is 0.143. The molecule has 0 saturated heterocycles. The van der Waals surface area contributed by atoms with E-state index in [1.54, 1.807) is 31.2 Å². The van der Waals surface area contributed by atoms with Gasteiger partial charge in [0, 0.05) is 23.2 Å². The molecule has 0 spiro atoms. The summed E-state index contributed by atoms with van der Waals surface area (Å²) in [6.45, 7) is 1.62. The van der Waals surface area contributed by atoms with Crippen LogP contribution in [0.2, 0.25) is 5.02 Å². The predicted octanol–water partition coefficient (Wildman–Crippen LogP) is 3.04. The third-order valence-electron chi connectivity index (χ3n) is 3.07. The van der Waals surface area contributed by atoms with Crippen LogP contribution in [0.15, 0.2) is 47.4 Å². The van der Waals surface area contributed by atoms with Crippen molar-refractivity contribution in [2.24, 2.45) is 0 Å². The zero-order valence-corrected chi connectivity index (χ0v) is 13.2. The summed E-state index contributed by atoms with van der Waals surface area (Å²) >= 11 is 5.76. The minimum absolute atomic E-state index is 0.0706. The van der Waals surface area contributed by atoms with E-state index in [0.717, 1.165) is 11.6 Å². The topological polar surface area (TPSA) is 89.3 Å². The molecule has 0 aliphatic carbocycles. The fourth-order valence-electron chi connectivity index (χ4n) is 1.82. The molecule has 0 atom stereocenters. The molecular formula is C14H13ClN2O4S. The van der Waals surface area contributed by atoms with Crippen LogP contribution in [0.5, 0.6) is 0 Å². The van der Waals surface area contributed by atoms with Crippen LogP contribution in [0.1, 0.15) is 11.1 Å². The van der Waals surface area contributed by atoms with E-state index in [4.69, 9.17) is 11.6 Å². The molecule has 2 rings (SSSR count). The molecular weight excluding hydrogens is 328 g/mol. The molecule has 0 bridgehead atoms. The fourth-order valence-corrected chi connectivity index (χ4v) is 2.98. The number of hydrogen-bond donors (Lipinski definition) is 1. The summed E-state index contributed by atoms with van der Waals surface area (Å²) in [5.74, 6) is 0. The van der Waals surface area contributed by atoms with Gasteiger partial charge in [0.05, 0.1) is 9.82 Å². The van der Waals surface area contributed by atoms with Gasteiger partial charge in [0.25, 0.3) is 5.69 Å². The van der Waals surface area contributed by atoms with Crippen molar-refractivity contribution >= 4 is 27.3 Å². The quantitative estimate of drug-likeness (QED) is 0.669. The smallest absolute Gasteiger partial charge is 0.258 e. The van der Waals surface area contributed by atoms with Gasteiger partial charge in [0.2, 0.25) is 10.0 Å². The second-order valence-electron chi connectivity index (χ2n) is 4.66. The highest BCUT2D eigenvalue weighted by Gasteiger charge is 2.19. The standard InChI is InChI=1S/C14H13ClN2O4S/c1-10-2-7-13(8-14(10)17(18)19)22(20,21)16-9-11-3-5-12(15)6-4-11/h2-8,16H,9H2,1H3. The van der Waals surface area contributed by atoms with Crippen LogP contribution in [0.3, 0.4) is 0 Å². The van der Waals surface area contributed by atoms with Gasteiger partial charge < -0.3 is 0 Å². The Morgan fingerprint density at radius 2 is 1.82 bits per heavy atom. The number of nitro groups is 1. The summed E-state index contributed by atoms with van der Waals surface area (Å²) in [7, 11) is -3.83. The van der Waals surface area contributed by atoms with Gasteiger partial charge >= 0.3 is 0 Å². The normalized spacial score (nSPS) is 11.4. The molecule has 0 saturated carbocycles. The monoisotopic (exact) mass is 340 g/mol. The van der Waals surface area contributed by atoms with E-state index < -0.39 is 14.9 Å². The van der Waals surface area contributed by atoms with E-state index in [9.17, 15) is 18.5 Å². The number of aryl methyl sites for hydroxylation is 1. The van der Waals surface area contributed by atoms with Gasteiger partial charge in [-0.05, 0) is 30.7 Å². The van der Waals surface area contributed by atoms with Gasteiger partial charge in [-0.2, -0.15) is 0 Å². The first-order valence-corrected chi connectivity index (χ1v) is 8.15. The Kier molecular flexibility index (Phi) is 4.80. The second kappa shape index (κ2) is 6.43. The summed E-state index contributed by atoms with van der Waals surface area (Å²) < 4.78 is 26.8. The average Bonchev–Trinajstić information content (AvgIpc) is 2.46. The van der Waals surface area contributed by atoms with E-state index >= 15 is 0 Å². The lowest BCUT2D eigenvalue weighted by Crippen LogP contribution is -2.23. The van der Waals surface area contributed by atoms with Crippen LogP contribution in [0.25, 0.3) is 0 Å². The summed E-state index contributed by atoms with van der Waals surface area (Å²) in [4.78, 5) is 10.1. The number of sulfonamides is 1.